The molecule has 148 valence electrons. The molecule has 4 rings (SSSR count). The van der Waals surface area contributed by atoms with E-state index in [1.54, 1.807) is 12.0 Å². The van der Waals surface area contributed by atoms with E-state index >= 15 is 0 Å². The van der Waals surface area contributed by atoms with Crippen LogP contribution in [0, 0.1) is 5.92 Å². The van der Waals surface area contributed by atoms with Gasteiger partial charge < -0.3 is 15.0 Å². The maximum atomic E-state index is 12.6. The number of aromatic nitrogens is 2. The zero-order valence-corrected chi connectivity index (χ0v) is 16.7. The van der Waals surface area contributed by atoms with E-state index in [1.165, 1.54) is 24.2 Å². The van der Waals surface area contributed by atoms with Crippen LogP contribution in [0.2, 0.25) is 0 Å². The zero-order valence-electron chi connectivity index (χ0n) is 15.9. The van der Waals surface area contributed by atoms with Crippen LogP contribution in [0.25, 0.3) is 0 Å². The van der Waals surface area contributed by atoms with Gasteiger partial charge in [-0.1, -0.05) is 42.4 Å². The van der Waals surface area contributed by atoms with Gasteiger partial charge in [0.2, 0.25) is 16.9 Å². The van der Waals surface area contributed by atoms with E-state index in [0.717, 1.165) is 29.2 Å². The number of ether oxygens (including phenoxy) is 1. The highest BCUT2D eigenvalue weighted by molar-refractivity contribution is 7.15. The van der Waals surface area contributed by atoms with Gasteiger partial charge in [0, 0.05) is 31.0 Å². The molecule has 1 aliphatic carbocycles. The molecular formula is C20H24N4O3S. The van der Waals surface area contributed by atoms with E-state index < -0.39 is 0 Å². The van der Waals surface area contributed by atoms with Crippen molar-refractivity contribution in [3.8, 4) is 5.75 Å². The summed E-state index contributed by atoms with van der Waals surface area (Å²) in [4.78, 5) is 26.8. The van der Waals surface area contributed by atoms with Crippen molar-refractivity contribution in [2.75, 3.05) is 19.0 Å². The molecule has 1 saturated heterocycles. The fourth-order valence-corrected chi connectivity index (χ4v) is 4.89. The molecule has 1 N–H and O–H groups in total. The first kappa shape index (κ1) is 18.9. The maximum absolute atomic E-state index is 12.6. The third-order valence-electron chi connectivity index (χ3n) is 5.51. The van der Waals surface area contributed by atoms with Crippen LogP contribution in [0.5, 0.6) is 5.75 Å². The van der Waals surface area contributed by atoms with Gasteiger partial charge in [-0.3, -0.25) is 9.59 Å². The standard InChI is InChI=1S/C20H24N4O3S/c1-27-16-9-5-4-8-14(16)11-24-12-15(10-17(24)25)18(26)21-20-23-22-19(28-20)13-6-2-3-7-13/h4-5,8-9,13,15H,2-3,6-7,10-12H2,1H3,(H,21,23,26)/t15-/m1/s1. The summed E-state index contributed by atoms with van der Waals surface area (Å²) in [5.74, 6) is 0.671. The van der Waals surface area contributed by atoms with Gasteiger partial charge in [-0.25, -0.2) is 0 Å². The smallest absolute Gasteiger partial charge is 0.231 e. The number of nitrogens with one attached hydrogen (secondary N) is 1. The number of hydrogen-bond donors (Lipinski definition) is 1. The van der Waals surface area contributed by atoms with Crippen LogP contribution in [0.3, 0.4) is 0 Å². The Hall–Kier alpha value is -2.48. The molecule has 1 atom stereocenters. The molecule has 8 heteroatoms. The van der Waals surface area contributed by atoms with Crippen LogP contribution in [0.15, 0.2) is 24.3 Å². The molecule has 2 fully saturated rings. The molecule has 2 aliphatic rings. The van der Waals surface area contributed by atoms with E-state index in [0.29, 0.717) is 24.1 Å². The zero-order chi connectivity index (χ0) is 19.5. The molecule has 0 spiro atoms. The first-order chi connectivity index (χ1) is 13.6. The second-order valence-electron chi connectivity index (χ2n) is 7.40. The van der Waals surface area contributed by atoms with E-state index in [9.17, 15) is 9.59 Å². The summed E-state index contributed by atoms with van der Waals surface area (Å²) in [5, 5.41) is 12.8. The molecule has 1 aromatic carbocycles. The minimum atomic E-state index is -0.374. The van der Waals surface area contributed by atoms with E-state index in [-0.39, 0.29) is 24.2 Å². The Kier molecular flexibility index (Phi) is 5.57. The van der Waals surface area contributed by atoms with Gasteiger partial charge in [0.1, 0.15) is 10.8 Å². The molecule has 1 aromatic heterocycles. The SMILES string of the molecule is COc1ccccc1CN1C[C@H](C(=O)Nc2nnc(C3CCCC3)s2)CC1=O. The summed E-state index contributed by atoms with van der Waals surface area (Å²) in [5.41, 5.74) is 0.935. The molecule has 0 bridgehead atoms. The molecule has 7 nitrogen and oxygen atoms in total. The Balaban J connectivity index is 1.36. The van der Waals surface area contributed by atoms with Crippen LogP contribution in [0.4, 0.5) is 5.13 Å². The second kappa shape index (κ2) is 8.26. The fourth-order valence-electron chi connectivity index (χ4n) is 3.97. The Morgan fingerprint density at radius 3 is 2.86 bits per heavy atom. The van der Waals surface area contributed by atoms with E-state index in [1.807, 2.05) is 24.3 Å². The third-order valence-corrected chi connectivity index (χ3v) is 6.52. The second-order valence-corrected chi connectivity index (χ2v) is 8.41. The van der Waals surface area contributed by atoms with Crippen molar-refractivity contribution < 1.29 is 14.3 Å². The number of carbonyl (C=O) groups excluding carboxylic acids is 2. The van der Waals surface area contributed by atoms with Gasteiger partial charge in [0.15, 0.2) is 0 Å². The Bertz CT molecular complexity index is 863. The van der Waals surface area contributed by atoms with Crippen molar-refractivity contribution in [2.45, 2.75) is 44.6 Å². The van der Waals surface area contributed by atoms with E-state index in [4.69, 9.17) is 4.74 Å². The lowest BCUT2D eigenvalue weighted by Crippen LogP contribution is -2.28. The number of benzene rings is 1. The lowest BCUT2D eigenvalue weighted by molar-refractivity contribution is -0.128. The first-order valence-electron chi connectivity index (χ1n) is 9.68. The minimum Gasteiger partial charge on any atom is -0.496 e. The van der Waals surface area contributed by atoms with Gasteiger partial charge in [-0.2, -0.15) is 0 Å². The molecule has 28 heavy (non-hydrogen) atoms. The van der Waals surface area contributed by atoms with Gasteiger partial charge in [-0.05, 0) is 18.9 Å². The monoisotopic (exact) mass is 400 g/mol. The highest BCUT2D eigenvalue weighted by Gasteiger charge is 2.35. The van der Waals surface area contributed by atoms with Crippen LogP contribution < -0.4 is 10.1 Å². The van der Waals surface area contributed by atoms with Gasteiger partial charge in [0.05, 0.1) is 13.0 Å². The average Bonchev–Trinajstić information content (AvgIpc) is 3.44. The first-order valence-corrected chi connectivity index (χ1v) is 10.5. The highest BCUT2D eigenvalue weighted by atomic mass is 32.1. The summed E-state index contributed by atoms with van der Waals surface area (Å²) in [6, 6.07) is 7.62. The predicted molar refractivity (Wildman–Crippen MR) is 106 cm³/mol. The number of para-hydroxylation sites is 1. The number of likely N-dealkylation sites (tertiary alicyclic amines) is 1. The number of methoxy groups -OCH3 is 1. The molecule has 0 unspecified atom stereocenters. The minimum absolute atomic E-state index is 0.0186. The Labute approximate surface area is 168 Å². The fraction of sp³-hybridized carbons (Fsp3) is 0.500. The van der Waals surface area contributed by atoms with Gasteiger partial charge >= 0.3 is 0 Å². The number of amides is 2. The number of hydrogen-bond acceptors (Lipinski definition) is 6. The van der Waals surface area contributed by atoms with Gasteiger partial charge in [-0.15, -0.1) is 10.2 Å². The van der Waals surface area contributed by atoms with Crippen molar-refractivity contribution in [3.63, 3.8) is 0 Å². The molecular weight excluding hydrogens is 376 g/mol. The lowest BCUT2D eigenvalue weighted by atomic mass is 10.1. The molecule has 1 saturated carbocycles. The van der Waals surface area contributed by atoms with Crippen LogP contribution in [0.1, 0.15) is 48.6 Å². The largest absolute Gasteiger partial charge is 0.496 e. The predicted octanol–water partition coefficient (Wildman–Crippen LogP) is 3.19. The van der Waals surface area contributed by atoms with Gasteiger partial charge in [0.25, 0.3) is 0 Å². The summed E-state index contributed by atoms with van der Waals surface area (Å²) >= 11 is 1.46. The summed E-state index contributed by atoms with van der Waals surface area (Å²) in [6.45, 7) is 0.842. The molecule has 2 amide bonds. The number of carbonyl (C=O) groups is 2. The number of anilines is 1. The van der Waals surface area contributed by atoms with Crippen LogP contribution >= 0.6 is 11.3 Å². The lowest BCUT2D eigenvalue weighted by Gasteiger charge is -2.18. The van der Waals surface area contributed by atoms with Crippen LogP contribution in [-0.2, 0) is 16.1 Å². The van der Waals surface area contributed by atoms with E-state index in [2.05, 4.69) is 15.5 Å². The Morgan fingerprint density at radius 1 is 1.29 bits per heavy atom. The van der Waals surface area contributed by atoms with Crippen LogP contribution in [-0.4, -0.2) is 40.6 Å². The molecule has 1 aliphatic heterocycles. The number of nitrogens with zero attached hydrogens (tertiary/aromatic N) is 3. The van der Waals surface area contributed by atoms with Crippen molar-refractivity contribution in [1.82, 2.24) is 15.1 Å². The molecule has 0 radical (unpaired) electrons. The Morgan fingerprint density at radius 2 is 2.07 bits per heavy atom. The third kappa shape index (κ3) is 4.01. The normalized spacial score (nSPS) is 20.0. The van der Waals surface area contributed by atoms with Crippen molar-refractivity contribution in [2.24, 2.45) is 5.92 Å². The summed E-state index contributed by atoms with van der Waals surface area (Å²) < 4.78 is 5.36. The topological polar surface area (TPSA) is 84.4 Å². The summed E-state index contributed by atoms with van der Waals surface area (Å²) in [7, 11) is 1.61. The molecule has 2 heterocycles. The summed E-state index contributed by atoms with van der Waals surface area (Å²) in [6.07, 6.45) is 4.99. The maximum Gasteiger partial charge on any atom is 0.231 e. The van der Waals surface area contributed by atoms with Crippen molar-refractivity contribution in [3.05, 3.63) is 34.8 Å². The quantitative estimate of drug-likeness (QED) is 0.805. The number of rotatable bonds is 6. The van der Waals surface area contributed by atoms with Crippen molar-refractivity contribution >= 4 is 28.3 Å². The molecule has 2 aromatic rings. The average molecular weight is 401 g/mol. The van der Waals surface area contributed by atoms with Crippen molar-refractivity contribution in [1.29, 1.82) is 0 Å². The highest BCUT2D eigenvalue weighted by Crippen LogP contribution is 2.36.